The van der Waals surface area contributed by atoms with Crippen LogP contribution >= 0.6 is 0 Å². The lowest BCUT2D eigenvalue weighted by molar-refractivity contribution is -0.301. The Bertz CT molecular complexity index is 540. The Hall–Kier alpha value is -2.38. The molecule has 0 aromatic heterocycles. The van der Waals surface area contributed by atoms with Gasteiger partial charge in [-0.2, -0.15) is 0 Å². The molecule has 132 valence electrons. The molecule has 0 atom stereocenters. The minimum absolute atomic E-state index is 0. The topological polar surface area (TPSA) is 136 Å². The molecule has 0 fully saturated rings. The maximum Gasteiger partial charge on any atom is 0.127 e. The minimum atomic E-state index is -1.55. The Morgan fingerprint density at radius 3 is 1.04 bits per heavy atom. The van der Waals surface area contributed by atoms with Crippen LogP contribution in [-0.2, 0) is 9.59 Å². The number of carboxylic acid groups (broad SMARTS) is 2. The number of carbonyl (C=O) groups is 2. The van der Waals surface area contributed by atoms with Crippen LogP contribution in [0.3, 0.4) is 0 Å². The molecule has 24 heavy (non-hydrogen) atoms. The van der Waals surface area contributed by atoms with E-state index in [1.807, 2.05) is 60.7 Å². The van der Waals surface area contributed by atoms with E-state index in [2.05, 4.69) is 11.5 Å². The summed E-state index contributed by atoms with van der Waals surface area (Å²) in [6, 6.07) is 19.7. The Morgan fingerprint density at radius 2 is 0.917 bits per heavy atom. The standard InChI is InChI=1S/2C6H7N.C4H4O4.2ClH/c2*7-6-4-2-1-3-5-6;5-3(6)1-2-4(7)8;;/h2*1-5H,7H2;1-2H,(H,5,6)(H,7,8);2*1H/p-2/b;;2-1-;;. The highest BCUT2D eigenvalue weighted by molar-refractivity contribution is 5.87. The molecule has 0 saturated heterocycles. The molecule has 6 N–H and O–H groups in total. The van der Waals surface area contributed by atoms with Crippen molar-refractivity contribution >= 4 is 23.3 Å². The molecule has 0 bridgehead atoms. The van der Waals surface area contributed by atoms with Crippen molar-refractivity contribution in [1.82, 2.24) is 0 Å². The molecule has 0 spiro atoms. The summed E-state index contributed by atoms with van der Waals surface area (Å²) in [5, 5.41) is 18.8. The third-order valence-corrected chi connectivity index (χ3v) is 2.04. The van der Waals surface area contributed by atoms with Gasteiger partial charge in [0, 0.05) is 0 Å². The molecule has 6 nitrogen and oxygen atoms in total. The number of rotatable bonds is 2. The number of quaternary nitrogens is 2. The SMILES string of the molecule is O=C([O-])/C=C\C(=O)[O-].[Cl-].[Cl-].[NH3+]c1ccccc1.[NH3+]c1ccccc1. The van der Waals surface area contributed by atoms with E-state index < -0.39 is 11.9 Å². The van der Waals surface area contributed by atoms with Crippen molar-refractivity contribution in [2.45, 2.75) is 0 Å². The molecule has 0 saturated carbocycles. The lowest BCUT2D eigenvalue weighted by atomic mass is 10.3. The quantitative estimate of drug-likeness (QED) is 0.506. The Balaban J connectivity index is -0.000000265. The Kier molecular flexibility index (Phi) is 18.8. The highest BCUT2D eigenvalue weighted by Gasteiger charge is 1.77. The summed E-state index contributed by atoms with van der Waals surface area (Å²) in [4.78, 5) is 18.8. The zero-order valence-corrected chi connectivity index (χ0v) is 14.2. The van der Waals surface area contributed by atoms with Gasteiger partial charge < -0.3 is 56.1 Å². The van der Waals surface area contributed by atoms with Crippen LogP contribution in [0.4, 0.5) is 11.4 Å². The number of hydrogen-bond donors (Lipinski definition) is 2. The van der Waals surface area contributed by atoms with Crippen molar-refractivity contribution in [1.29, 1.82) is 0 Å². The van der Waals surface area contributed by atoms with Crippen LogP contribution in [0.2, 0.25) is 0 Å². The van der Waals surface area contributed by atoms with Crippen LogP contribution in [-0.4, -0.2) is 11.9 Å². The van der Waals surface area contributed by atoms with Gasteiger partial charge in [-0.25, -0.2) is 0 Å². The Morgan fingerprint density at radius 1 is 0.667 bits per heavy atom. The number of benzene rings is 2. The van der Waals surface area contributed by atoms with E-state index in [0.29, 0.717) is 12.2 Å². The molecule has 0 unspecified atom stereocenters. The summed E-state index contributed by atoms with van der Waals surface area (Å²) in [5.74, 6) is -3.09. The van der Waals surface area contributed by atoms with Crippen LogP contribution in [0, 0.1) is 0 Å². The van der Waals surface area contributed by atoms with E-state index in [0.717, 1.165) is 11.4 Å². The van der Waals surface area contributed by atoms with Crippen LogP contribution in [0.5, 0.6) is 0 Å². The first-order chi connectivity index (χ1) is 10.4. The van der Waals surface area contributed by atoms with Crippen LogP contribution in [0.25, 0.3) is 0 Å². The van der Waals surface area contributed by atoms with E-state index >= 15 is 0 Å². The van der Waals surface area contributed by atoms with Gasteiger partial charge in [0.15, 0.2) is 0 Å². The number of carbonyl (C=O) groups excluding carboxylic acids is 2. The van der Waals surface area contributed by atoms with Gasteiger partial charge >= 0.3 is 0 Å². The van der Waals surface area contributed by atoms with Crippen LogP contribution in [0.15, 0.2) is 72.8 Å². The lowest BCUT2D eigenvalue weighted by Gasteiger charge is -1.90. The molecule has 0 aliphatic carbocycles. The van der Waals surface area contributed by atoms with Gasteiger partial charge in [-0.1, -0.05) is 36.4 Å². The average Bonchev–Trinajstić information content (AvgIpc) is 2.48. The van der Waals surface area contributed by atoms with Crippen molar-refractivity contribution in [3.8, 4) is 0 Å². The highest BCUT2D eigenvalue weighted by Crippen LogP contribution is 1.93. The van der Waals surface area contributed by atoms with E-state index in [1.165, 1.54) is 0 Å². The van der Waals surface area contributed by atoms with Gasteiger partial charge in [-0.05, 0) is 36.4 Å². The second kappa shape index (κ2) is 17.0. The van der Waals surface area contributed by atoms with Crippen molar-refractivity contribution in [2.24, 2.45) is 0 Å². The zero-order chi connectivity index (χ0) is 16.8. The summed E-state index contributed by atoms with van der Waals surface area (Å²) >= 11 is 0. The molecule has 2 aromatic carbocycles. The third kappa shape index (κ3) is 19.6. The van der Waals surface area contributed by atoms with Gasteiger partial charge in [0.2, 0.25) is 0 Å². The number of halogens is 2. The number of aliphatic carboxylic acids is 2. The molecule has 0 amide bonds. The number of carboxylic acids is 2. The van der Waals surface area contributed by atoms with Gasteiger partial charge in [0.1, 0.15) is 11.4 Å². The molecule has 0 heterocycles. The van der Waals surface area contributed by atoms with Crippen LogP contribution < -0.4 is 46.5 Å². The first-order valence-corrected chi connectivity index (χ1v) is 6.26. The summed E-state index contributed by atoms with van der Waals surface area (Å²) in [6.45, 7) is 0. The van der Waals surface area contributed by atoms with Crippen molar-refractivity contribution in [3.63, 3.8) is 0 Å². The summed E-state index contributed by atoms with van der Waals surface area (Å²) < 4.78 is 0. The fourth-order valence-corrected chi connectivity index (χ4v) is 1.09. The van der Waals surface area contributed by atoms with Gasteiger partial charge in [-0.3, -0.25) is 0 Å². The largest absolute Gasteiger partial charge is 1.00 e. The fourth-order valence-electron chi connectivity index (χ4n) is 1.09. The molecule has 2 aromatic rings. The Labute approximate surface area is 152 Å². The smallest absolute Gasteiger partial charge is 0.127 e. The summed E-state index contributed by atoms with van der Waals surface area (Å²) in [6.07, 6.45) is 0.769. The van der Waals surface area contributed by atoms with E-state index in [1.54, 1.807) is 0 Å². The molecular weight excluding hydrogens is 355 g/mol. The monoisotopic (exact) mass is 372 g/mol. The second-order valence-electron chi connectivity index (χ2n) is 3.94. The molecule has 0 aliphatic heterocycles. The minimum Gasteiger partial charge on any atom is -1.00 e. The second-order valence-corrected chi connectivity index (χ2v) is 3.94. The number of hydrogen-bond acceptors (Lipinski definition) is 4. The normalized spacial score (nSPS) is 8.25. The van der Waals surface area contributed by atoms with Gasteiger partial charge in [0.05, 0.1) is 11.9 Å². The fraction of sp³-hybridized carbons (Fsp3) is 0. The van der Waals surface area contributed by atoms with Gasteiger partial charge in [0.25, 0.3) is 0 Å². The zero-order valence-electron chi connectivity index (χ0n) is 12.7. The van der Waals surface area contributed by atoms with E-state index in [9.17, 15) is 19.8 Å². The predicted octanol–water partition coefficient (Wildman–Crippen LogP) is -7.83. The first kappa shape index (κ1) is 26.5. The summed E-state index contributed by atoms with van der Waals surface area (Å²) in [5.41, 5.74) is 9.58. The van der Waals surface area contributed by atoms with Crippen molar-refractivity contribution in [3.05, 3.63) is 72.8 Å². The molecular formula is C16H18Cl2N2O4-2. The highest BCUT2D eigenvalue weighted by atomic mass is 35.5. The molecule has 2 rings (SSSR count). The first-order valence-electron chi connectivity index (χ1n) is 6.26. The lowest BCUT2D eigenvalue weighted by Crippen LogP contribution is -3.00. The molecule has 8 heteroatoms. The maximum absolute atomic E-state index is 9.41. The summed E-state index contributed by atoms with van der Waals surface area (Å²) in [7, 11) is 0. The van der Waals surface area contributed by atoms with Crippen molar-refractivity contribution in [2.75, 3.05) is 0 Å². The third-order valence-electron chi connectivity index (χ3n) is 2.04. The van der Waals surface area contributed by atoms with Gasteiger partial charge in [-0.15, -0.1) is 0 Å². The molecule has 0 radical (unpaired) electrons. The average molecular weight is 373 g/mol. The van der Waals surface area contributed by atoms with Crippen LogP contribution in [0.1, 0.15) is 0 Å². The van der Waals surface area contributed by atoms with E-state index in [4.69, 9.17) is 0 Å². The van der Waals surface area contributed by atoms with Crippen molar-refractivity contribution < 1.29 is 56.1 Å². The maximum atomic E-state index is 9.41. The molecule has 0 aliphatic rings. The van der Waals surface area contributed by atoms with E-state index in [-0.39, 0.29) is 24.8 Å². The predicted molar refractivity (Wildman–Crippen MR) is 77.1 cm³/mol.